The first-order valence-corrected chi connectivity index (χ1v) is 5.98. The van der Waals surface area contributed by atoms with E-state index in [2.05, 4.69) is 15.5 Å². The summed E-state index contributed by atoms with van der Waals surface area (Å²) in [5.41, 5.74) is 0. The topological polar surface area (TPSA) is 60.2 Å². The van der Waals surface area contributed by atoms with E-state index in [-0.39, 0.29) is 5.38 Å². The zero-order chi connectivity index (χ0) is 11.4. The van der Waals surface area contributed by atoms with Gasteiger partial charge >= 0.3 is 6.01 Å². The monoisotopic (exact) mass is 245 g/mol. The predicted molar refractivity (Wildman–Crippen MR) is 60.6 cm³/mol. The number of rotatable bonds is 5. The van der Waals surface area contributed by atoms with Crippen LogP contribution in [0, 0.1) is 5.92 Å². The lowest BCUT2D eigenvalue weighted by atomic mass is 10.1. The van der Waals surface area contributed by atoms with E-state index in [9.17, 15) is 0 Å². The molecule has 5 nitrogen and oxygen atoms in total. The van der Waals surface area contributed by atoms with Gasteiger partial charge in [-0.2, -0.15) is 0 Å². The molecule has 0 bridgehead atoms. The molecule has 0 amide bonds. The van der Waals surface area contributed by atoms with Crippen molar-refractivity contribution in [3.63, 3.8) is 0 Å². The minimum absolute atomic E-state index is 0.244. The molecule has 0 aliphatic carbocycles. The zero-order valence-corrected chi connectivity index (χ0v) is 10.0. The number of ether oxygens (including phenoxy) is 1. The highest BCUT2D eigenvalue weighted by Crippen LogP contribution is 2.20. The average Bonchev–Trinajstić information content (AvgIpc) is 2.87. The molecular formula is C10H16ClN3O2. The largest absolute Gasteiger partial charge is 0.407 e. The molecule has 6 heteroatoms. The summed E-state index contributed by atoms with van der Waals surface area (Å²) < 4.78 is 10.6. The molecule has 0 radical (unpaired) electrons. The quantitative estimate of drug-likeness (QED) is 0.806. The summed E-state index contributed by atoms with van der Waals surface area (Å²) in [6.07, 6.45) is 2.21. The van der Waals surface area contributed by atoms with Gasteiger partial charge in [0.2, 0.25) is 5.89 Å². The normalized spacial score (nSPS) is 22.2. The van der Waals surface area contributed by atoms with E-state index in [1.165, 1.54) is 0 Å². The van der Waals surface area contributed by atoms with E-state index in [1.54, 1.807) is 6.92 Å². The van der Waals surface area contributed by atoms with Crippen LogP contribution in [-0.2, 0) is 4.74 Å². The Bertz CT molecular complexity index is 324. The zero-order valence-electron chi connectivity index (χ0n) is 9.28. The maximum Gasteiger partial charge on any atom is 0.315 e. The van der Waals surface area contributed by atoms with Crippen LogP contribution in [0.3, 0.4) is 0 Å². The third kappa shape index (κ3) is 3.09. The van der Waals surface area contributed by atoms with E-state index < -0.39 is 0 Å². The lowest BCUT2D eigenvalue weighted by Gasteiger charge is -2.06. The number of nitrogens with zero attached hydrogens (tertiary/aromatic N) is 2. The summed E-state index contributed by atoms with van der Waals surface area (Å²) in [4.78, 5) is 0. The number of hydrogen-bond donors (Lipinski definition) is 1. The first-order chi connectivity index (χ1) is 7.75. The molecular weight excluding hydrogens is 230 g/mol. The van der Waals surface area contributed by atoms with Crippen LogP contribution in [0.2, 0.25) is 0 Å². The van der Waals surface area contributed by atoms with Gasteiger partial charge in [-0.1, -0.05) is 5.10 Å². The van der Waals surface area contributed by atoms with Crippen molar-refractivity contribution in [2.75, 3.05) is 25.1 Å². The molecule has 1 fully saturated rings. The average molecular weight is 246 g/mol. The fourth-order valence-corrected chi connectivity index (χ4v) is 1.75. The maximum atomic E-state index is 5.81. The third-order valence-corrected chi connectivity index (χ3v) is 2.82. The number of alkyl halides is 1. The molecule has 90 valence electrons. The highest BCUT2D eigenvalue weighted by Gasteiger charge is 2.15. The van der Waals surface area contributed by atoms with Crippen molar-refractivity contribution >= 4 is 17.6 Å². The number of hydrogen-bond acceptors (Lipinski definition) is 5. The Hall–Kier alpha value is -0.810. The highest BCUT2D eigenvalue weighted by molar-refractivity contribution is 6.20. The summed E-state index contributed by atoms with van der Waals surface area (Å²) in [7, 11) is 0. The van der Waals surface area contributed by atoms with Gasteiger partial charge in [-0.3, -0.25) is 0 Å². The van der Waals surface area contributed by atoms with Crippen molar-refractivity contribution in [3.05, 3.63) is 5.89 Å². The van der Waals surface area contributed by atoms with Crippen molar-refractivity contribution in [3.8, 4) is 0 Å². The highest BCUT2D eigenvalue weighted by atomic mass is 35.5. The van der Waals surface area contributed by atoms with Gasteiger partial charge in [-0.05, 0) is 25.7 Å². The minimum Gasteiger partial charge on any atom is -0.407 e. The molecule has 2 unspecified atom stereocenters. The van der Waals surface area contributed by atoms with Crippen LogP contribution >= 0.6 is 11.6 Å². The lowest BCUT2D eigenvalue weighted by molar-refractivity contribution is 0.185. The van der Waals surface area contributed by atoms with E-state index in [1.807, 2.05) is 0 Å². The Labute approximate surface area is 99.5 Å². The fourth-order valence-electron chi connectivity index (χ4n) is 1.66. The molecule has 1 saturated heterocycles. The van der Waals surface area contributed by atoms with E-state index >= 15 is 0 Å². The standard InChI is InChI=1S/C10H16ClN3O2/c1-7(11)9-13-14-10(16-9)12-4-2-8-3-5-15-6-8/h7-8H,2-6H2,1H3,(H,12,14). The summed E-state index contributed by atoms with van der Waals surface area (Å²) in [5.74, 6) is 1.11. The molecule has 16 heavy (non-hydrogen) atoms. The Balaban J connectivity index is 1.72. The molecule has 1 aliphatic heterocycles. The minimum atomic E-state index is -0.244. The van der Waals surface area contributed by atoms with E-state index in [4.69, 9.17) is 20.8 Å². The van der Waals surface area contributed by atoms with Gasteiger partial charge in [0.25, 0.3) is 0 Å². The van der Waals surface area contributed by atoms with Gasteiger partial charge in [0.15, 0.2) is 0 Å². The summed E-state index contributed by atoms with van der Waals surface area (Å²) in [6, 6.07) is 0.446. The molecule has 0 saturated carbocycles. The van der Waals surface area contributed by atoms with E-state index in [0.29, 0.717) is 17.8 Å². The van der Waals surface area contributed by atoms with Crippen molar-refractivity contribution in [2.45, 2.75) is 25.1 Å². The Morgan fingerprint density at radius 1 is 1.56 bits per heavy atom. The molecule has 2 atom stereocenters. The Kier molecular flexibility index (Phi) is 4.01. The predicted octanol–water partition coefficient (Wildman–Crippen LogP) is 2.21. The number of anilines is 1. The van der Waals surface area contributed by atoms with Gasteiger partial charge < -0.3 is 14.5 Å². The second kappa shape index (κ2) is 5.50. The second-order valence-electron chi connectivity index (χ2n) is 4.01. The van der Waals surface area contributed by atoms with Crippen molar-refractivity contribution in [1.29, 1.82) is 0 Å². The van der Waals surface area contributed by atoms with Crippen molar-refractivity contribution in [2.24, 2.45) is 5.92 Å². The molecule has 1 aromatic rings. The number of aromatic nitrogens is 2. The van der Waals surface area contributed by atoms with Crippen molar-refractivity contribution in [1.82, 2.24) is 10.2 Å². The molecule has 0 aromatic carbocycles. The molecule has 1 aliphatic rings. The maximum absolute atomic E-state index is 5.81. The van der Waals surface area contributed by atoms with Gasteiger partial charge in [0.1, 0.15) is 5.38 Å². The number of nitrogens with one attached hydrogen (secondary N) is 1. The fraction of sp³-hybridized carbons (Fsp3) is 0.800. The number of halogens is 1. The van der Waals surface area contributed by atoms with Crippen LogP contribution in [0.25, 0.3) is 0 Å². The lowest BCUT2D eigenvalue weighted by Crippen LogP contribution is -2.09. The van der Waals surface area contributed by atoms with Crippen LogP contribution in [0.1, 0.15) is 31.0 Å². The van der Waals surface area contributed by atoms with Gasteiger partial charge in [0.05, 0.1) is 0 Å². The van der Waals surface area contributed by atoms with Gasteiger partial charge in [0, 0.05) is 19.8 Å². The SMILES string of the molecule is CC(Cl)c1nnc(NCCC2CCOC2)o1. The molecule has 2 heterocycles. The first kappa shape index (κ1) is 11.7. The van der Waals surface area contributed by atoms with Crippen LogP contribution < -0.4 is 5.32 Å². The Morgan fingerprint density at radius 3 is 3.06 bits per heavy atom. The molecule has 1 aromatic heterocycles. The van der Waals surface area contributed by atoms with Crippen LogP contribution in [0.15, 0.2) is 4.42 Å². The smallest absolute Gasteiger partial charge is 0.315 e. The molecule has 1 N–H and O–H groups in total. The second-order valence-corrected chi connectivity index (χ2v) is 4.66. The Morgan fingerprint density at radius 2 is 2.44 bits per heavy atom. The molecule has 0 spiro atoms. The third-order valence-electron chi connectivity index (χ3n) is 2.63. The first-order valence-electron chi connectivity index (χ1n) is 5.55. The van der Waals surface area contributed by atoms with Crippen LogP contribution in [0.5, 0.6) is 0 Å². The van der Waals surface area contributed by atoms with Crippen LogP contribution in [0.4, 0.5) is 6.01 Å². The van der Waals surface area contributed by atoms with E-state index in [0.717, 1.165) is 32.6 Å². The summed E-state index contributed by atoms with van der Waals surface area (Å²) >= 11 is 5.81. The summed E-state index contributed by atoms with van der Waals surface area (Å²) in [6.45, 7) is 4.38. The van der Waals surface area contributed by atoms with Crippen molar-refractivity contribution < 1.29 is 9.15 Å². The summed E-state index contributed by atoms with van der Waals surface area (Å²) in [5, 5.41) is 10.5. The van der Waals surface area contributed by atoms with Gasteiger partial charge in [-0.25, -0.2) is 0 Å². The van der Waals surface area contributed by atoms with Gasteiger partial charge in [-0.15, -0.1) is 16.7 Å². The molecule has 2 rings (SSSR count). The van der Waals surface area contributed by atoms with Crippen LogP contribution in [-0.4, -0.2) is 30.0 Å².